The SMILES string of the molecule is Cc1[nH]c2ccc(C(=O)NCCCN3C[C@@H](C)O[C@@H](C)C3)cc2c1C. The van der Waals surface area contributed by atoms with E-state index >= 15 is 0 Å². The summed E-state index contributed by atoms with van der Waals surface area (Å²) in [6.45, 7) is 12.0. The van der Waals surface area contributed by atoms with Gasteiger partial charge in [-0.15, -0.1) is 0 Å². The number of amides is 1. The van der Waals surface area contributed by atoms with Crippen LogP contribution in [0.1, 0.15) is 41.9 Å². The van der Waals surface area contributed by atoms with Gasteiger partial charge in [-0.2, -0.15) is 0 Å². The van der Waals surface area contributed by atoms with Gasteiger partial charge in [0.15, 0.2) is 0 Å². The van der Waals surface area contributed by atoms with Crippen molar-refractivity contribution >= 4 is 16.8 Å². The summed E-state index contributed by atoms with van der Waals surface area (Å²) < 4.78 is 5.75. The van der Waals surface area contributed by atoms with Gasteiger partial charge < -0.3 is 15.0 Å². The molecule has 5 nitrogen and oxygen atoms in total. The molecule has 1 aromatic carbocycles. The number of aromatic amines is 1. The lowest BCUT2D eigenvalue weighted by atomic mass is 10.1. The van der Waals surface area contributed by atoms with Crippen LogP contribution in [0.5, 0.6) is 0 Å². The Morgan fingerprint density at radius 2 is 2.00 bits per heavy atom. The molecule has 1 aromatic heterocycles. The molecule has 0 spiro atoms. The van der Waals surface area contributed by atoms with E-state index in [1.807, 2.05) is 18.2 Å². The zero-order valence-electron chi connectivity index (χ0n) is 15.7. The fourth-order valence-electron chi connectivity index (χ4n) is 3.68. The molecule has 0 aliphatic carbocycles. The quantitative estimate of drug-likeness (QED) is 0.821. The Labute approximate surface area is 149 Å². The molecule has 0 bridgehead atoms. The molecule has 0 radical (unpaired) electrons. The Morgan fingerprint density at radius 1 is 1.28 bits per heavy atom. The van der Waals surface area contributed by atoms with Gasteiger partial charge in [0.25, 0.3) is 5.91 Å². The highest BCUT2D eigenvalue weighted by Crippen LogP contribution is 2.22. The minimum Gasteiger partial charge on any atom is -0.373 e. The third-order valence-electron chi connectivity index (χ3n) is 5.00. The second kappa shape index (κ2) is 7.58. The lowest BCUT2D eigenvalue weighted by Crippen LogP contribution is -2.46. The normalized spacial score (nSPS) is 21.6. The van der Waals surface area contributed by atoms with Crippen LogP contribution in [-0.2, 0) is 4.74 Å². The van der Waals surface area contributed by atoms with Crippen molar-refractivity contribution in [3.8, 4) is 0 Å². The number of rotatable bonds is 5. The van der Waals surface area contributed by atoms with E-state index in [9.17, 15) is 4.79 Å². The molecule has 0 unspecified atom stereocenters. The summed E-state index contributed by atoms with van der Waals surface area (Å²) in [5.74, 6) is 0.00358. The number of carbonyl (C=O) groups excluding carboxylic acids is 1. The lowest BCUT2D eigenvalue weighted by molar-refractivity contribution is -0.0679. The zero-order valence-corrected chi connectivity index (χ0v) is 15.7. The number of hydrogen-bond donors (Lipinski definition) is 2. The number of fused-ring (bicyclic) bond motifs is 1. The summed E-state index contributed by atoms with van der Waals surface area (Å²) in [5.41, 5.74) is 4.17. The molecule has 1 aliphatic rings. The van der Waals surface area contributed by atoms with Gasteiger partial charge in [0, 0.05) is 48.3 Å². The van der Waals surface area contributed by atoms with Gasteiger partial charge in [-0.3, -0.25) is 9.69 Å². The number of aromatic nitrogens is 1. The molecule has 0 saturated carbocycles. The number of morpholine rings is 1. The summed E-state index contributed by atoms with van der Waals surface area (Å²) >= 11 is 0. The Hall–Kier alpha value is -1.85. The first kappa shape index (κ1) is 18.0. The molecule has 2 atom stereocenters. The van der Waals surface area contributed by atoms with Crippen LogP contribution in [0.2, 0.25) is 0 Å². The highest BCUT2D eigenvalue weighted by atomic mass is 16.5. The average Bonchev–Trinajstić information content (AvgIpc) is 2.85. The Kier molecular flexibility index (Phi) is 5.45. The first-order valence-electron chi connectivity index (χ1n) is 9.19. The number of aryl methyl sites for hydroxylation is 2. The maximum Gasteiger partial charge on any atom is 0.251 e. The molecule has 2 heterocycles. The number of hydrogen-bond acceptors (Lipinski definition) is 3. The van der Waals surface area contributed by atoms with Crippen LogP contribution in [0, 0.1) is 13.8 Å². The summed E-state index contributed by atoms with van der Waals surface area (Å²) in [5, 5.41) is 4.17. The van der Waals surface area contributed by atoms with E-state index in [1.54, 1.807) is 0 Å². The van der Waals surface area contributed by atoms with Crippen molar-refractivity contribution in [3.63, 3.8) is 0 Å². The summed E-state index contributed by atoms with van der Waals surface area (Å²) in [7, 11) is 0. The van der Waals surface area contributed by atoms with E-state index in [2.05, 4.69) is 42.9 Å². The second-order valence-electron chi connectivity index (χ2n) is 7.26. The number of ether oxygens (including phenoxy) is 1. The molecular formula is C20H29N3O2. The van der Waals surface area contributed by atoms with E-state index < -0.39 is 0 Å². The van der Waals surface area contributed by atoms with Crippen molar-refractivity contribution in [1.29, 1.82) is 0 Å². The fourth-order valence-corrected chi connectivity index (χ4v) is 3.68. The van der Waals surface area contributed by atoms with Crippen molar-refractivity contribution in [3.05, 3.63) is 35.0 Å². The first-order valence-corrected chi connectivity index (χ1v) is 9.19. The second-order valence-corrected chi connectivity index (χ2v) is 7.26. The predicted molar refractivity (Wildman–Crippen MR) is 101 cm³/mol. The number of H-pyrrole nitrogens is 1. The van der Waals surface area contributed by atoms with E-state index in [0.29, 0.717) is 6.54 Å². The van der Waals surface area contributed by atoms with Crippen molar-refractivity contribution in [2.24, 2.45) is 0 Å². The topological polar surface area (TPSA) is 57.4 Å². The van der Waals surface area contributed by atoms with Gasteiger partial charge in [0.05, 0.1) is 12.2 Å². The van der Waals surface area contributed by atoms with E-state index in [0.717, 1.165) is 48.2 Å². The van der Waals surface area contributed by atoms with E-state index in [1.165, 1.54) is 5.56 Å². The zero-order chi connectivity index (χ0) is 18.0. The first-order chi connectivity index (χ1) is 11.9. The number of benzene rings is 1. The minimum absolute atomic E-state index is 0.00358. The summed E-state index contributed by atoms with van der Waals surface area (Å²) in [4.78, 5) is 18.2. The predicted octanol–water partition coefficient (Wildman–Crippen LogP) is 3.01. The van der Waals surface area contributed by atoms with Gasteiger partial charge >= 0.3 is 0 Å². The van der Waals surface area contributed by atoms with Crippen LogP contribution < -0.4 is 5.32 Å². The van der Waals surface area contributed by atoms with Crippen molar-refractivity contribution in [1.82, 2.24) is 15.2 Å². The number of nitrogens with one attached hydrogen (secondary N) is 2. The minimum atomic E-state index is 0.00358. The van der Waals surface area contributed by atoms with Gasteiger partial charge in [-0.25, -0.2) is 0 Å². The van der Waals surface area contributed by atoms with Crippen molar-refractivity contribution < 1.29 is 9.53 Å². The van der Waals surface area contributed by atoms with Gasteiger partial charge in [-0.1, -0.05) is 0 Å². The molecule has 1 fully saturated rings. The molecule has 1 saturated heterocycles. The Balaban J connectivity index is 1.50. The molecule has 1 aliphatic heterocycles. The monoisotopic (exact) mass is 343 g/mol. The Bertz CT molecular complexity index is 743. The molecule has 3 rings (SSSR count). The van der Waals surface area contributed by atoms with Crippen LogP contribution in [-0.4, -0.2) is 54.2 Å². The van der Waals surface area contributed by atoms with Crippen LogP contribution in [0.15, 0.2) is 18.2 Å². The maximum atomic E-state index is 12.4. The molecule has 2 N–H and O–H groups in total. The summed E-state index contributed by atoms with van der Waals surface area (Å²) in [6, 6.07) is 5.86. The van der Waals surface area contributed by atoms with Gasteiger partial charge in [0.1, 0.15) is 0 Å². The van der Waals surface area contributed by atoms with Gasteiger partial charge in [-0.05, 0) is 57.9 Å². The highest BCUT2D eigenvalue weighted by molar-refractivity contribution is 5.99. The summed E-state index contributed by atoms with van der Waals surface area (Å²) in [6.07, 6.45) is 1.53. The van der Waals surface area contributed by atoms with Gasteiger partial charge in [0.2, 0.25) is 0 Å². The molecule has 2 aromatic rings. The third kappa shape index (κ3) is 4.22. The van der Waals surface area contributed by atoms with Crippen LogP contribution >= 0.6 is 0 Å². The van der Waals surface area contributed by atoms with Crippen LogP contribution in [0.4, 0.5) is 0 Å². The third-order valence-corrected chi connectivity index (χ3v) is 5.00. The smallest absolute Gasteiger partial charge is 0.251 e. The molecule has 25 heavy (non-hydrogen) atoms. The molecule has 1 amide bonds. The van der Waals surface area contributed by atoms with E-state index in [-0.39, 0.29) is 18.1 Å². The molecular weight excluding hydrogens is 314 g/mol. The Morgan fingerprint density at radius 3 is 2.72 bits per heavy atom. The van der Waals surface area contributed by atoms with E-state index in [4.69, 9.17) is 4.74 Å². The largest absolute Gasteiger partial charge is 0.373 e. The highest BCUT2D eigenvalue weighted by Gasteiger charge is 2.21. The van der Waals surface area contributed by atoms with Crippen molar-refractivity contribution in [2.75, 3.05) is 26.2 Å². The molecule has 136 valence electrons. The fraction of sp³-hybridized carbons (Fsp3) is 0.550. The molecule has 5 heteroatoms. The van der Waals surface area contributed by atoms with Crippen LogP contribution in [0.3, 0.4) is 0 Å². The lowest BCUT2D eigenvalue weighted by Gasteiger charge is -2.35. The standard InChI is InChI=1S/C20H29N3O2/c1-13-11-23(12-14(2)25-13)9-5-8-21-20(24)17-6-7-19-18(10-17)15(3)16(4)22-19/h6-7,10,13-14,22H,5,8-9,11-12H2,1-4H3,(H,21,24)/t13-,14+. The van der Waals surface area contributed by atoms with Crippen molar-refractivity contribution in [2.45, 2.75) is 46.3 Å². The maximum absolute atomic E-state index is 12.4. The average molecular weight is 343 g/mol. The number of carbonyl (C=O) groups is 1. The van der Waals surface area contributed by atoms with Crippen LogP contribution in [0.25, 0.3) is 10.9 Å². The number of nitrogens with zero attached hydrogens (tertiary/aromatic N) is 1.